The first-order valence-corrected chi connectivity index (χ1v) is 6.79. The summed E-state index contributed by atoms with van der Waals surface area (Å²) in [5.41, 5.74) is -1.03. The van der Waals surface area contributed by atoms with E-state index in [1.54, 1.807) is 6.07 Å². The van der Waals surface area contributed by atoms with Crippen molar-refractivity contribution in [2.45, 2.75) is 24.6 Å². The number of nitrogens with one attached hydrogen (secondary N) is 1. The molecule has 1 fully saturated rings. The Morgan fingerprint density at radius 3 is 2.39 bits per heavy atom. The number of anilines is 1. The molecule has 2 aromatic rings. The summed E-state index contributed by atoms with van der Waals surface area (Å²) in [5, 5.41) is 13.6. The normalized spacial score (nSPS) is 16.0. The highest BCUT2D eigenvalue weighted by atomic mass is 19.4. The number of aromatic carboxylic acids is 1. The highest BCUT2D eigenvalue weighted by Gasteiger charge is 2.46. The third-order valence-corrected chi connectivity index (χ3v) is 3.73. The zero-order valence-electron chi connectivity index (χ0n) is 11.7. The molecule has 0 radical (unpaired) electrons. The molecule has 0 amide bonds. The number of alkyl halides is 3. The van der Waals surface area contributed by atoms with Crippen LogP contribution in [0.3, 0.4) is 0 Å². The first-order chi connectivity index (χ1) is 10.8. The summed E-state index contributed by atoms with van der Waals surface area (Å²) in [6, 6.07) is 5.10. The summed E-state index contributed by atoms with van der Waals surface area (Å²) in [5.74, 6) is -1.24. The lowest BCUT2D eigenvalue weighted by molar-refractivity contribution is -0.255. The summed E-state index contributed by atoms with van der Waals surface area (Å²) in [7, 11) is 0. The lowest BCUT2D eigenvalue weighted by Crippen LogP contribution is -2.24. The second kappa shape index (κ2) is 5.22. The molecule has 3 rings (SSSR count). The molecular formula is C15H11F3N3O2-. The third-order valence-electron chi connectivity index (χ3n) is 3.73. The largest absolute Gasteiger partial charge is 0.545 e. The van der Waals surface area contributed by atoms with Crippen LogP contribution in [0.4, 0.5) is 19.1 Å². The number of carboxylic acids is 1. The number of halogens is 3. The van der Waals surface area contributed by atoms with Gasteiger partial charge in [0.1, 0.15) is 0 Å². The molecule has 0 bridgehead atoms. The molecule has 1 aliphatic carbocycles. The van der Waals surface area contributed by atoms with Crippen molar-refractivity contribution in [2.24, 2.45) is 0 Å². The second-order valence-electron chi connectivity index (χ2n) is 5.37. The summed E-state index contributed by atoms with van der Waals surface area (Å²) < 4.78 is 38.5. The highest BCUT2D eigenvalue weighted by molar-refractivity contribution is 5.84. The number of benzene rings is 1. The van der Waals surface area contributed by atoms with Crippen LogP contribution < -0.4 is 10.4 Å². The van der Waals surface area contributed by atoms with Gasteiger partial charge in [-0.2, -0.15) is 13.2 Å². The van der Waals surface area contributed by atoms with Gasteiger partial charge >= 0.3 is 6.18 Å². The van der Waals surface area contributed by atoms with Gasteiger partial charge in [0.05, 0.1) is 17.1 Å². The van der Waals surface area contributed by atoms with Crippen LogP contribution >= 0.6 is 0 Å². The minimum Gasteiger partial charge on any atom is -0.545 e. The Kier molecular flexibility index (Phi) is 3.46. The maximum Gasteiger partial charge on any atom is 0.416 e. The van der Waals surface area contributed by atoms with Crippen molar-refractivity contribution in [1.82, 2.24) is 9.97 Å². The van der Waals surface area contributed by atoms with E-state index in [0.29, 0.717) is 18.4 Å². The van der Waals surface area contributed by atoms with Gasteiger partial charge < -0.3 is 15.2 Å². The average molecular weight is 322 g/mol. The van der Waals surface area contributed by atoms with Gasteiger partial charge in [0.25, 0.3) is 0 Å². The van der Waals surface area contributed by atoms with Crippen molar-refractivity contribution >= 4 is 11.9 Å². The summed E-state index contributed by atoms with van der Waals surface area (Å²) in [6.07, 6.45) is -0.946. The number of hydrogen-bond donors (Lipinski definition) is 1. The smallest absolute Gasteiger partial charge is 0.416 e. The molecule has 1 aromatic heterocycles. The van der Waals surface area contributed by atoms with Gasteiger partial charge in [-0.1, -0.05) is 12.1 Å². The zero-order valence-corrected chi connectivity index (χ0v) is 11.7. The van der Waals surface area contributed by atoms with Crippen LogP contribution in [0.2, 0.25) is 0 Å². The van der Waals surface area contributed by atoms with Crippen molar-refractivity contribution < 1.29 is 23.1 Å². The zero-order chi connectivity index (χ0) is 16.7. The summed E-state index contributed by atoms with van der Waals surface area (Å²) in [4.78, 5) is 18.4. The lowest BCUT2D eigenvalue weighted by atomic mass is 10.0. The van der Waals surface area contributed by atoms with Gasteiger partial charge in [0.2, 0.25) is 5.95 Å². The minimum atomic E-state index is -4.40. The molecule has 0 saturated heterocycles. The molecule has 0 aliphatic heterocycles. The van der Waals surface area contributed by atoms with Crippen molar-refractivity contribution in [3.63, 3.8) is 0 Å². The van der Waals surface area contributed by atoms with Crippen molar-refractivity contribution in [1.29, 1.82) is 0 Å². The molecule has 8 heteroatoms. The fraction of sp³-hybridized carbons (Fsp3) is 0.267. The van der Waals surface area contributed by atoms with Crippen LogP contribution in [0, 0.1) is 0 Å². The summed E-state index contributed by atoms with van der Waals surface area (Å²) >= 11 is 0. The average Bonchev–Trinajstić information content (AvgIpc) is 3.28. The monoisotopic (exact) mass is 322 g/mol. The second-order valence-corrected chi connectivity index (χ2v) is 5.37. The topological polar surface area (TPSA) is 77.9 Å². The van der Waals surface area contributed by atoms with Crippen LogP contribution in [0.15, 0.2) is 36.7 Å². The minimum absolute atomic E-state index is 0.157. The van der Waals surface area contributed by atoms with Gasteiger partial charge in [0.15, 0.2) is 0 Å². The highest BCUT2D eigenvalue weighted by Crippen LogP contribution is 2.48. The Labute approximate surface area is 129 Å². The summed E-state index contributed by atoms with van der Waals surface area (Å²) in [6.45, 7) is 0. The number of aromatic nitrogens is 2. The molecule has 23 heavy (non-hydrogen) atoms. The fourth-order valence-electron chi connectivity index (χ4n) is 2.32. The molecule has 0 atom stereocenters. The lowest BCUT2D eigenvalue weighted by Gasteiger charge is -2.19. The van der Waals surface area contributed by atoms with E-state index in [1.807, 2.05) is 0 Å². The van der Waals surface area contributed by atoms with Gasteiger partial charge in [0, 0.05) is 18.0 Å². The van der Waals surface area contributed by atoms with Crippen molar-refractivity contribution in [3.05, 3.63) is 53.3 Å². The molecule has 1 aromatic carbocycles. The van der Waals surface area contributed by atoms with Crippen molar-refractivity contribution in [3.8, 4) is 0 Å². The van der Waals surface area contributed by atoms with Crippen LogP contribution in [-0.4, -0.2) is 15.9 Å². The first-order valence-electron chi connectivity index (χ1n) is 6.79. The third kappa shape index (κ3) is 3.10. The van der Waals surface area contributed by atoms with Gasteiger partial charge in [-0.25, -0.2) is 9.97 Å². The van der Waals surface area contributed by atoms with Crippen LogP contribution in [0.5, 0.6) is 0 Å². The molecule has 5 nitrogen and oxygen atoms in total. The first kappa shape index (κ1) is 15.3. The number of carboxylic acid groups (broad SMARTS) is 1. The molecule has 1 heterocycles. The van der Waals surface area contributed by atoms with Crippen LogP contribution in [-0.2, 0) is 11.7 Å². The molecule has 1 saturated carbocycles. The number of rotatable bonds is 4. The van der Waals surface area contributed by atoms with Crippen LogP contribution in [0.25, 0.3) is 0 Å². The number of nitrogens with zero attached hydrogens (tertiary/aromatic N) is 2. The van der Waals surface area contributed by atoms with E-state index in [4.69, 9.17) is 0 Å². The molecular weight excluding hydrogens is 311 g/mol. The van der Waals surface area contributed by atoms with Gasteiger partial charge in [-0.05, 0) is 30.5 Å². The number of carbonyl (C=O) groups is 1. The van der Waals surface area contributed by atoms with E-state index in [-0.39, 0.29) is 11.5 Å². The van der Waals surface area contributed by atoms with Crippen LogP contribution in [0.1, 0.15) is 34.3 Å². The van der Waals surface area contributed by atoms with E-state index < -0.39 is 23.2 Å². The van der Waals surface area contributed by atoms with E-state index in [1.165, 1.54) is 6.07 Å². The number of hydrogen-bond acceptors (Lipinski definition) is 5. The molecule has 0 unspecified atom stereocenters. The Hall–Kier alpha value is -2.64. The Bertz CT molecular complexity index is 740. The van der Waals surface area contributed by atoms with E-state index in [0.717, 1.165) is 24.5 Å². The SMILES string of the molecule is O=C([O-])c1cnc(NC2(c3cccc(C(F)(F)F)c3)CC2)nc1. The van der Waals surface area contributed by atoms with Gasteiger partial charge in [-0.15, -0.1) is 0 Å². The predicted molar refractivity (Wildman–Crippen MR) is 72.3 cm³/mol. The molecule has 1 aliphatic rings. The Morgan fingerprint density at radius 2 is 1.87 bits per heavy atom. The van der Waals surface area contributed by atoms with Crippen molar-refractivity contribution in [2.75, 3.05) is 5.32 Å². The van der Waals surface area contributed by atoms with E-state index in [2.05, 4.69) is 15.3 Å². The Balaban J connectivity index is 1.84. The Morgan fingerprint density at radius 1 is 1.22 bits per heavy atom. The predicted octanol–water partition coefficient (Wildman–Crippen LogP) is 1.96. The van der Waals surface area contributed by atoms with E-state index in [9.17, 15) is 23.1 Å². The molecule has 0 spiro atoms. The standard InChI is InChI=1S/C15H12F3N3O2/c16-15(17,18)11-3-1-2-10(6-11)14(4-5-14)21-13-19-7-9(8-20-13)12(22)23/h1-3,6-8H,4-5H2,(H,22,23)(H,19,20,21)/p-1. The maximum atomic E-state index is 12.8. The number of carbonyl (C=O) groups excluding carboxylic acids is 1. The van der Waals surface area contributed by atoms with Gasteiger partial charge in [-0.3, -0.25) is 0 Å². The molecule has 120 valence electrons. The molecule has 1 N–H and O–H groups in total. The maximum absolute atomic E-state index is 12.8. The quantitative estimate of drug-likeness (QED) is 0.931. The van der Waals surface area contributed by atoms with E-state index >= 15 is 0 Å². The fourth-order valence-corrected chi connectivity index (χ4v) is 2.32.